The molecule has 0 radical (unpaired) electrons. The molecule has 130 valence electrons. The van der Waals surface area contributed by atoms with Crippen LogP contribution in [0.5, 0.6) is 0 Å². The lowest BCUT2D eigenvalue weighted by molar-refractivity contribution is -0.116. The minimum Gasteiger partial charge on any atom is -0.345 e. The summed E-state index contributed by atoms with van der Waals surface area (Å²) in [7, 11) is 0. The number of hydrogen-bond donors (Lipinski definition) is 3. The number of benzene rings is 2. The summed E-state index contributed by atoms with van der Waals surface area (Å²) in [6.45, 7) is 0. The summed E-state index contributed by atoms with van der Waals surface area (Å²) in [6, 6.07) is 11.1. The summed E-state index contributed by atoms with van der Waals surface area (Å²) in [5.41, 5.74) is 1.76. The quantitative estimate of drug-likeness (QED) is 0.672. The Morgan fingerprint density at radius 1 is 1.19 bits per heavy atom. The van der Waals surface area contributed by atoms with Crippen molar-refractivity contribution in [2.24, 2.45) is 0 Å². The molecule has 4 rings (SSSR count). The molecule has 0 aliphatic carbocycles. The first-order valence-corrected chi connectivity index (χ1v) is 7.97. The molecule has 1 aliphatic rings. The van der Waals surface area contributed by atoms with Gasteiger partial charge in [-0.25, -0.2) is 9.37 Å². The minimum atomic E-state index is -0.529. The predicted octanol–water partition coefficient (Wildman–Crippen LogP) is 2.42. The highest BCUT2D eigenvalue weighted by atomic mass is 19.1. The molecule has 1 unspecified atom stereocenters. The number of nitrogens with zero attached hydrogens (tertiary/aromatic N) is 2. The van der Waals surface area contributed by atoms with Crippen molar-refractivity contribution in [2.45, 2.75) is 12.5 Å². The molecule has 2 amide bonds. The molecule has 1 aromatic heterocycles. The van der Waals surface area contributed by atoms with Gasteiger partial charge in [0.15, 0.2) is 5.82 Å². The van der Waals surface area contributed by atoms with Gasteiger partial charge in [0.1, 0.15) is 12.1 Å². The molecule has 7 nitrogen and oxygen atoms in total. The van der Waals surface area contributed by atoms with Crippen molar-refractivity contribution in [2.75, 3.05) is 5.32 Å². The van der Waals surface area contributed by atoms with E-state index in [1.807, 2.05) is 12.1 Å². The average Bonchev–Trinajstić information content (AvgIpc) is 3.25. The number of rotatable bonds is 4. The number of H-pyrrole nitrogens is 1. The molecule has 8 heteroatoms. The first-order chi connectivity index (χ1) is 12.6. The number of amides is 2. The maximum Gasteiger partial charge on any atom is 0.252 e. The lowest BCUT2D eigenvalue weighted by Gasteiger charge is -2.14. The molecule has 3 aromatic rings. The number of anilines is 1. The molecule has 2 heterocycles. The molecule has 2 aromatic carbocycles. The fourth-order valence-corrected chi connectivity index (χ4v) is 3.06. The third-order valence-electron chi connectivity index (χ3n) is 4.22. The van der Waals surface area contributed by atoms with Gasteiger partial charge >= 0.3 is 0 Å². The molecule has 0 saturated heterocycles. The van der Waals surface area contributed by atoms with Gasteiger partial charge in [-0.1, -0.05) is 24.3 Å². The predicted molar refractivity (Wildman–Crippen MR) is 91.7 cm³/mol. The molecule has 0 bridgehead atoms. The van der Waals surface area contributed by atoms with Crippen molar-refractivity contribution in [3.05, 3.63) is 65.7 Å². The van der Waals surface area contributed by atoms with E-state index in [2.05, 4.69) is 25.8 Å². The van der Waals surface area contributed by atoms with Crippen LogP contribution in [0.2, 0.25) is 0 Å². The smallest absolute Gasteiger partial charge is 0.252 e. The maximum atomic E-state index is 14.2. The van der Waals surface area contributed by atoms with Crippen molar-refractivity contribution in [3.63, 3.8) is 0 Å². The van der Waals surface area contributed by atoms with Crippen LogP contribution in [0, 0.1) is 5.82 Å². The van der Waals surface area contributed by atoms with Gasteiger partial charge in [0.05, 0.1) is 23.7 Å². The van der Waals surface area contributed by atoms with Crippen LogP contribution in [-0.2, 0) is 4.79 Å². The number of nitrogens with one attached hydrogen (secondary N) is 3. The summed E-state index contributed by atoms with van der Waals surface area (Å²) in [6.07, 6.45) is 1.30. The van der Waals surface area contributed by atoms with Crippen molar-refractivity contribution in [1.82, 2.24) is 20.5 Å². The van der Waals surface area contributed by atoms with Gasteiger partial charge in [-0.2, -0.15) is 5.10 Å². The number of fused-ring (bicyclic) bond motifs is 1. The van der Waals surface area contributed by atoms with E-state index < -0.39 is 11.9 Å². The van der Waals surface area contributed by atoms with Crippen LogP contribution in [0.4, 0.5) is 10.1 Å². The second-order valence-electron chi connectivity index (χ2n) is 5.86. The number of halogens is 1. The fourth-order valence-electron chi connectivity index (χ4n) is 3.06. The van der Waals surface area contributed by atoms with Gasteiger partial charge in [-0.3, -0.25) is 14.7 Å². The largest absolute Gasteiger partial charge is 0.345 e. The average molecular weight is 351 g/mol. The third-order valence-corrected chi connectivity index (χ3v) is 4.22. The Kier molecular flexibility index (Phi) is 3.92. The number of carbonyl (C=O) groups excluding carboxylic acids is 2. The SMILES string of the molecule is O=C(CC1NC(=O)c2ccccc21)Nc1cccc(F)c1-c1ncn[nH]1. The van der Waals surface area contributed by atoms with E-state index in [1.165, 1.54) is 18.5 Å². The van der Waals surface area contributed by atoms with Crippen LogP contribution in [-0.4, -0.2) is 27.0 Å². The van der Waals surface area contributed by atoms with Gasteiger partial charge in [0.25, 0.3) is 5.91 Å². The zero-order valence-corrected chi connectivity index (χ0v) is 13.5. The van der Waals surface area contributed by atoms with E-state index in [4.69, 9.17) is 0 Å². The van der Waals surface area contributed by atoms with E-state index in [1.54, 1.807) is 18.2 Å². The molecule has 1 aliphatic heterocycles. The van der Waals surface area contributed by atoms with Crippen molar-refractivity contribution in [1.29, 1.82) is 0 Å². The molecule has 0 saturated carbocycles. The summed E-state index contributed by atoms with van der Waals surface area (Å²) < 4.78 is 14.2. The van der Waals surface area contributed by atoms with Gasteiger partial charge in [0, 0.05) is 5.56 Å². The fraction of sp³-hybridized carbons (Fsp3) is 0.111. The zero-order chi connectivity index (χ0) is 18.1. The maximum absolute atomic E-state index is 14.2. The summed E-state index contributed by atoms with van der Waals surface area (Å²) in [5, 5.41) is 11.8. The Morgan fingerprint density at radius 3 is 2.85 bits per heavy atom. The second-order valence-corrected chi connectivity index (χ2v) is 5.86. The molecular formula is C18H14FN5O2. The first-order valence-electron chi connectivity index (χ1n) is 7.97. The molecule has 0 spiro atoms. The van der Waals surface area contributed by atoms with Crippen LogP contribution in [0.1, 0.15) is 28.4 Å². The van der Waals surface area contributed by atoms with Crippen LogP contribution >= 0.6 is 0 Å². The Morgan fingerprint density at radius 2 is 2.04 bits per heavy atom. The van der Waals surface area contributed by atoms with Gasteiger partial charge in [-0.15, -0.1) is 0 Å². The minimum absolute atomic E-state index is 0.0368. The molecule has 26 heavy (non-hydrogen) atoms. The molecule has 3 N–H and O–H groups in total. The number of hydrogen-bond acceptors (Lipinski definition) is 4. The summed E-state index contributed by atoms with van der Waals surface area (Å²) in [4.78, 5) is 28.4. The standard InChI is InChI=1S/C18H14FN5O2/c19-12-6-3-7-13(16(12)17-20-9-21-24-17)22-15(25)8-14-10-4-1-2-5-11(10)18(26)23-14/h1-7,9,14H,8H2,(H,22,25)(H,23,26)(H,20,21,24). The second kappa shape index (κ2) is 6.40. The van der Waals surface area contributed by atoms with E-state index in [0.717, 1.165) is 5.56 Å². The Hall–Kier alpha value is -3.55. The number of aromatic nitrogens is 3. The normalized spacial score (nSPS) is 15.4. The Bertz CT molecular complexity index is 987. The number of carbonyl (C=O) groups is 2. The lowest BCUT2D eigenvalue weighted by Crippen LogP contribution is -2.24. The van der Waals surface area contributed by atoms with Crippen molar-refractivity contribution >= 4 is 17.5 Å². The zero-order valence-electron chi connectivity index (χ0n) is 13.5. The van der Waals surface area contributed by atoms with Gasteiger partial charge in [0.2, 0.25) is 5.91 Å². The number of aromatic amines is 1. The molecule has 1 atom stereocenters. The summed E-state index contributed by atoms with van der Waals surface area (Å²) in [5.74, 6) is -0.859. The van der Waals surface area contributed by atoms with Crippen LogP contribution in [0.25, 0.3) is 11.4 Å². The molecule has 0 fully saturated rings. The lowest BCUT2D eigenvalue weighted by atomic mass is 10.0. The Balaban J connectivity index is 1.56. The monoisotopic (exact) mass is 351 g/mol. The molecular weight excluding hydrogens is 337 g/mol. The van der Waals surface area contributed by atoms with Crippen LogP contribution in [0.3, 0.4) is 0 Å². The van der Waals surface area contributed by atoms with Crippen LogP contribution < -0.4 is 10.6 Å². The van der Waals surface area contributed by atoms with Crippen molar-refractivity contribution < 1.29 is 14.0 Å². The highest BCUT2D eigenvalue weighted by Gasteiger charge is 2.29. The van der Waals surface area contributed by atoms with Crippen LogP contribution in [0.15, 0.2) is 48.8 Å². The van der Waals surface area contributed by atoms with Gasteiger partial charge in [-0.05, 0) is 23.8 Å². The highest BCUT2D eigenvalue weighted by molar-refractivity contribution is 6.01. The Labute approximate surface area is 147 Å². The summed E-state index contributed by atoms with van der Waals surface area (Å²) >= 11 is 0. The van der Waals surface area contributed by atoms with E-state index >= 15 is 0 Å². The van der Waals surface area contributed by atoms with Crippen molar-refractivity contribution in [3.8, 4) is 11.4 Å². The first kappa shape index (κ1) is 15.9. The van der Waals surface area contributed by atoms with E-state index in [0.29, 0.717) is 5.56 Å². The third kappa shape index (κ3) is 2.81. The van der Waals surface area contributed by atoms with E-state index in [9.17, 15) is 14.0 Å². The highest BCUT2D eigenvalue weighted by Crippen LogP contribution is 2.30. The topological polar surface area (TPSA) is 99.8 Å². The van der Waals surface area contributed by atoms with E-state index in [-0.39, 0.29) is 35.3 Å². The van der Waals surface area contributed by atoms with Gasteiger partial charge < -0.3 is 10.6 Å².